The number of anilines is 1. The first-order valence-electron chi connectivity index (χ1n) is 10.3. The summed E-state index contributed by atoms with van der Waals surface area (Å²) >= 11 is 0. The first-order chi connectivity index (χ1) is 14.1. The van der Waals surface area contributed by atoms with Gasteiger partial charge in [0.2, 0.25) is 11.9 Å². The molecule has 2 amide bonds. The van der Waals surface area contributed by atoms with Crippen molar-refractivity contribution in [2.75, 3.05) is 5.32 Å². The van der Waals surface area contributed by atoms with Crippen molar-refractivity contribution in [2.45, 2.75) is 70.6 Å². The number of carbonyl (C=O) groups is 2. The Morgan fingerprint density at radius 3 is 2.57 bits per heavy atom. The minimum Gasteiger partial charge on any atom is -0.317 e. The van der Waals surface area contributed by atoms with Gasteiger partial charge in [-0.15, -0.1) is 0 Å². The predicted molar refractivity (Wildman–Crippen MR) is 106 cm³/mol. The molecule has 1 aromatic heterocycles. The quantitative estimate of drug-likeness (QED) is 0.772. The number of carbonyl (C=O) groups excluding carboxylic acids is 2. The van der Waals surface area contributed by atoms with E-state index in [0.717, 1.165) is 47.8 Å². The third kappa shape index (κ3) is 3.24. The van der Waals surface area contributed by atoms with Crippen LogP contribution in [0.1, 0.15) is 56.1 Å². The van der Waals surface area contributed by atoms with Gasteiger partial charge in [0.25, 0.3) is 11.6 Å². The molecule has 9 heteroatoms. The molecule has 0 spiro atoms. The number of rotatable bonds is 4. The zero-order valence-corrected chi connectivity index (χ0v) is 17.0. The van der Waals surface area contributed by atoms with Gasteiger partial charge in [0.05, 0.1) is 11.0 Å². The minimum absolute atomic E-state index is 0.0458. The number of nitrogens with zero attached hydrogens (tertiary/aromatic N) is 2. The van der Waals surface area contributed by atoms with E-state index in [0.29, 0.717) is 17.9 Å². The van der Waals surface area contributed by atoms with Gasteiger partial charge in [0.15, 0.2) is 0 Å². The van der Waals surface area contributed by atoms with Crippen molar-refractivity contribution in [3.05, 3.63) is 23.3 Å². The third-order valence-corrected chi connectivity index (χ3v) is 6.39. The van der Waals surface area contributed by atoms with Crippen molar-refractivity contribution in [1.82, 2.24) is 14.9 Å². The predicted octanol–water partition coefficient (Wildman–Crippen LogP) is 4.30. The van der Waals surface area contributed by atoms with E-state index < -0.39 is 23.7 Å². The number of alkyl halides is 3. The molecule has 30 heavy (non-hydrogen) atoms. The van der Waals surface area contributed by atoms with Crippen LogP contribution in [0, 0.1) is 19.8 Å². The molecule has 1 aliphatic carbocycles. The van der Waals surface area contributed by atoms with E-state index in [1.54, 1.807) is 19.1 Å². The van der Waals surface area contributed by atoms with E-state index in [-0.39, 0.29) is 17.9 Å². The molecule has 0 bridgehead atoms. The first-order valence-corrected chi connectivity index (χ1v) is 10.3. The largest absolute Gasteiger partial charge is 0.440 e. The number of benzene rings is 1. The van der Waals surface area contributed by atoms with Crippen LogP contribution < -0.4 is 10.6 Å². The fourth-order valence-corrected chi connectivity index (χ4v) is 4.56. The van der Waals surface area contributed by atoms with Gasteiger partial charge >= 0.3 is 6.18 Å². The first kappa shape index (κ1) is 20.7. The lowest BCUT2D eigenvalue weighted by atomic mass is 9.86. The maximum Gasteiger partial charge on any atom is 0.440 e. The van der Waals surface area contributed by atoms with Crippen LogP contribution in [-0.4, -0.2) is 27.5 Å². The van der Waals surface area contributed by atoms with E-state index in [2.05, 4.69) is 10.3 Å². The minimum atomic E-state index is -5.05. The maximum absolute atomic E-state index is 14.4. The van der Waals surface area contributed by atoms with Crippen molar-refractivity contribution < 1.29 is 22.8 Å². The van der Waals surface area contributed by atoms with E-state index >= 15 is 0 Å². The lowest BCUT2D eigenvalue weighted by Gasteiger charge is -2.32. The number of amides is 2. The smallest absolute Gasteiger partial charge is 0.317 e. The van der Waals surface area contributed by atoms with Crippen LogP contribution >= 0.6 is 0 Å². The Bertz CT molecular complexity index is 1010. The summed E-state index contributed by atoms with van der Waals surface area (Å²) in [4.78, 5) is 29.4. The fourth-order valence-electron chi connectivity index (χ4n) is 4.56. The zero-order valence-electron chi connectivity index (χ0n) is 17.0. The van der Waals surface area contributed by atoms with Crippen LogP contribution in [0.25, 0.3) is 11.0 Å². The number of imidazole rings is 1. The highest BCUT2D eigenvalue weighted by molar-refractivity contribution is 6.05. The average Bonchev–Trinajstić information content (AvgIpc) is 3.15. The van der Waals surface area contributed by atoms with E-state index in [4.69, 9.17) is 0 Å². The van der Waals surface area contributed by atoms with Gasteiger partial charge in [-0.1, -0.05) is 32.1 Å². The molecule has 2 aliphatic rings. The molecule has 1 atom stereocenters. The average molecular weight is 422 g/mol. The second-order valence-corrected chi connectivity index (χ2v) is 8.45. The number of hydrogen-bond donors (Lipinski definition) is 2. The highest BCUT2D eigenvalue weighted by Crippen LogP contribution is 2.44. The van der Waals surface area contributed by atoms with E-state index in [9.17, 15) is 22.8 Å². The van der Waals surface area contributed by atoms with Crippen LogP contribution in [0.4, 0.5) is 19.1 Å². The fraction of sp³-hybridized carbons (Fsp3) is 0.571. The lowest BCUT2D eigenvalue weighted by molar-refractivity contribution is -0.217. The molecule has 1 unspecified atom stereocenters. The molecule has 0 radical (unpaired) electrons. The molecule has 1 saturated carbocycles. The Morgan fingerprint density at radius 2 is 1.90 bits per heavy atom. The normalized spacial score (nSPS) is 22.2. The number of aryl methyl sites for hydroxylation is 2. The molecule has 2 N–H and O–H groups in total. The summed E-state index contributed by atoms with van der Waals surface area (Å²) in [6.07, 6.45) is 0.757. The summed E-state index contributed by atoms with van der Waals surface area (Å²) in [5.41, 5.74) is -1.08. The van der Waals surface area contributed by atoms with Crippen molar-refractivity contribution in [1.29, 1.82) is 0 Å². The van der Waals surface area contributed by atoms with Crippen LogP contribution in [0.3, 0.4) is 0 Å². The highest BCUT2D eigenvalue weighted by Gasteiger charge is 2.67. The number of halogens is 3. The SMILES string of the molecule is Cc1cc2nc3n(c2cc1C)C(NC(=O)CCC1CCCCC1)(C(F)(F)F)C(=O)N3. The van der Waals surface area contributed by atoms with E-state index in [1.165, 1.54) is 0 Å². The molecule has 2 heterocycles. The molecule has 162 valence electrons. The molecule has 1 aliphatic heterocycles. The number of nitrogens with one attached hydrogen (secondary N) is 2. The van der Waals surface area contributed by atoms with Gasteiger partial charge in [-0.3, -0.25) is 19.5 Å². The van der Waals surface area contributed by atoms with Crippen molar-refractivity contribution in [3.8, 4) is 0 Å². The standard InChI is InChI=1S/C21H25F3N4O2/c1-12-10-15-16(11-13(12)2)28-19(25-15)26-18(30)20(28,21(22,23)24)27-17(29)9-8-14-6-4-3-5-7-14/h10-11,14H,3-9H2,1-2H3,(H,27,29)(H,25,26,30). The zero-order chi connectivity index (χ0) is 21.7. The Kier molecular flexibility index (Phi) is 5.02. The molecule has 4 rings (SSSR count). The van der Waals surface area contributed by atoms with Gasteiger partial charge in [0, 0.05) is 6.42 Å². The molecule has 1 aromatic carbocycles. The van der Waals surface area contributed by atoms with Crippen molar-refractivity contribution in [2.24, 2.45) is 5.92 Å². The molecule has 1 fully saturated rings. The van der Waals surface area contributed by atoms with Gasteiger partial charge in [-0.2, -0.15) is 13.2 Å². The number of fused-ring (bicyclic) bond motifs is 3. The molecular weight excluding hydrogens is 397 g/mol. The van der Waals surface area contributed by atoms with E-state index in [1.807, 2.05) is 12.2 Å². The van der Waals surface area contributed by atoms with Crippen molar-refractivity contribution >= 4 is 28.8 Å². The summed E-state index contributed by atoms with van der Waals surface area (Å²) in [6, 6.07) is 3.24. The van der Waals surface area contributed by atoms with Gasteiger partial charge in [-0.05, 0) is 49.4 Å². The van der Waals surface area contributed by atoms with Crippen LogP contribution in [0.2, 0.25) is 0 Å². The van der Waals surface area contributed by atoms with Crippen molar-refractivity contribution in [3.63, 3.8) is 0 Å². The molecule has 0 saturated heterocycles. The molecular formula is C21H25F3N4O2. The summed E-state index contributed by atoms with van der Waals surface area (Å²) in [5.74, 6) is -2.00. The number of aromatic nitrogens is 2. The lowest BCUT2D eigenvalue weighted by Crippen LogP contribution is -2.63. The Hall–Kier alpha value is -2.58. The molecule has 2 aromatic rings. The second kappa shape index (κ2) is 7.28. The molecule has 6 nitrogen and oxygen atoms in total. The van der Waals surface area contributed by atoms with Crippen LogP contribution in [0.5, 0.6) is 0 Å². The number of hydrogen-bond acceptors (Lipinski definition) is 3. The summed E-state index contributed by atoms with van der Waals surface area (Å²) in [7, 11) is 0. The Morgan fingerprint density at radius 1 is 1.23 bits per heavy atom. The summed E-state index contributed by atoms with van der Waals surface area (Å²) < 4.78 is 43.9. The maximum atomic E-state index is 14.4. The van der Waals surface area contributed by atoms with Gasteiger partial charge in [0.1, 0.15) is 0 Å². The van der Waals surface area contributed by atoms with Crippen LogP contribution in [0.15, 0.2) is 12.1 Å². The Labute approximate surface area is 172 Å². The second-order valence-electron chi connectivity index (χ2n) is 8.45. The van der Waals surface area contributed by atoms with Gasteiger partial charge in [-0.25, -0.2) is 4.98 Å². The summed E-state index contributed by atoms with van der Waals surface area (Å²) in [6.45, 7) is 3.61. The monoisotopic (exact) mass is 422 g/mol. The Balaban J connectivity index is 1.70. The summed E-state index contributed by atoms with van der Waals surface area (Å²) in [5, 5.41) is 4.25. The van der Waals surface area contributed by atoms with Crippen LogP contribution in [-0.2, 0) is 15.3 Å². The topological polar surface area (TPSA) is 76.0 Å². The highest BCUT2D eigenvalue weighted by atomic mass is 19.4. The van der Waals surface area contributed by atoms with Gasteiger partial charge < -0.3 is 5.32 Å². The third-order valence-electron chi connectivity index (χ3n) is 6.39.